The van der Waals surface area contributed by atoms with Crippen LogP contribution in [0.4, 0.5) is 0 Å². The van der Waals surface area contributed by atoms with Crippen molar-refractivity contribution in [3.8, 4) is 6.07 Å². The van der Waals surface area contributed by atoms with E-state index in [2.05, 4.69) is 22.7 Å². The number of thioether (sulfide) groups is 1. The monoisotopic (exact) mass is 316 g/mol. The van der Waals surface area contributed by atoms with Gasteiger partial charge in [-0.3, -0.25) is 4.90 Å². The van der Waals surface area contributed by atoms with Gasteiger partial charge in [-0.15, -0.1) is 0 Å². The largest absolute Gasteiger partial charge is 0.387 e. The number of aliphatic hydroxyl groups excluding tert-OH is 1. The molecule has 2 aliphatic rings. The first-order valence-corrected chi connectivity index (χ1v) is 9.24. The summed E-state index contributed by atoms with van der Waals surface area (Å²) < 4.78 is 0.445. The Bertz CT molecular complexity index is 526. The van der Waals surface area contributed by atoms with Crippen LogP contribution in [0.15, 0.2) is 24.3 Å². The van der Waals surface area contributed by atoms with Gasteiger partial charge in [-0.1, -0.05) is 31.4 Å². The van der Waals surface area contributed by atoms with E-state index in [9.17, 15) is 5.11 Å². The molecule has 0 radical (unpaired) electrons. The van der Waals surface area contributed by atoms with Crippen LogP contribution < -0.4 is 0 Å². The first-order chi connectivity index (χ1) is 10.7. The second-order valence-electron chi connectivity index (χ2n) is 6.58. The Morgan fingerprint density at radius 1 is 1.23 bits per heavy atom. The molecular formula is C18H24N2OS. The highest BCUT2D eigenvalue weighted by Crippen LogP contribution is 2.42. The van der Waals surface area contributed by atoms with E-state index in [0.29, 0.717) is 16.9 Å². The van der Waals surface area contributed by atoms with Gasteiger partial charge >= 0.3 is 0 Å². The molecular weight excluding hydrogens is 292 g/mol. The third-order valence-electron chi connectivity index (χ3n) is 4.95. The summed E-state index contributed by atoms with van der Waals surface area (Å²) in [6.07, 6.45) is 6.31. The van der Waals surface area contributed by atoms with E-state index >= 15 is 0 Å². The molecule has 1 aromatic carbocycles. The van der Waals surface area contributed by atoms with Crippen molar-refractivity contribution in [1.29, 1.82) is 5.26 Å². The second kappa shape index (κ2) is 7.04. The minimum Gasteiger partial charge on any atom is -0.387 e. The fraction of sp³-hybridized carbons (Fsp3) is 0.611. The molecule has 1 unspecified atom stereocenters. The van der Waals surface area contributed by atoms with Crippen LogP contribution in [0.3, 0.4) is 0 Å². The minimum atomic E-state index is -0.462. The topological polar surface area (TPSA) is 47.3 Å². The van der Waals surface area contributed by atoms with Gasteiger partial charge in [-0.25, -0.2) is 0 Å². The average Bonchev–Trinajstić information content (AvgIpc) is 2.56. The smallest absolute Gasteiger partial charge is 0.0991 e. The molecule has 4 heteroatoms. The fourth-order valence-corrected chi connectivity index (χ4v) is 5.34. The second-order valence-corrected chi connectivity index (χ2v) is 8.14. The Morgan fingerprint density at radius 2 is 1.95 bits per heavy atom. The number of nitrogens with zero attached hydrogens (tertiary/aromatic N) is 2. The molecule has 3 nitrogen and oxygen atoms in total. The molecule has 0 aromatic heterocycles. The van der Waals surface area contributed by atoms with Crippen molar-refractivity contribution in [2.75, 3.05) is 25.4 Å². The predicted molar refractivity (Wildman–Crippen MR) is 90.8 cm³/mol. The molecule has 2 fully saturated rings. The lowest BCUT2D eigenvalue weighted by molar-refractivity contribution is 0.103. The number of aliphatic hydroxyl groups is 1. The Kier molecular flexibility index (Phi) is 5.07. The zero-order valence-electron chi connectivity index (χ0n) is 13.0. The highest BCUT2D eigenvalue weighted by molar-refractivity contribution is 8.00. The van der Waals surface area contributed by atoms with Crippen LogP contribution in [0.1, 0.15) is 49.3 Å². The molecule has 1 heterocycles. The van der Waals surface area contributed by atoms with Gasteiger partial charge in [0, 0.05) is 30.1 Å². The van der Waals surface area contributed by atoms with E-state index < -0.39 is 6.10 Å². The molecule has 3 rings (SSSR count). The standard InChI is InChI=1S/C18H24N2OS/c19-12-15-4-6-16(7-5-15)17(21)13-20-10-11-22-18(14-20)8-2-1-3-9-18/h4-7,17,21H,1-3,8-11,13-14H2. The summed E-state index contributed by atoms with van der Waals surface area (Å²) in [5.74, 6) is 1.18. The van der Waals surface area contributed by atoms with E-state index in [1.165, 1.54) is 37.9 Å². The number of hydrogen-bond acceptors (Lipinski definition) is 4. The molecule has 1 spiro atoms. The lowest BCUT2D eigenvalue weighted by Crippen LogP contribution is -2.48. The van der Waals surface area contributed by atoms with Gasteiger partial charge < -0.3 is 5.11 Å². The van der Waals surface area contributed by atoms with Gasteiger partial charge in [0.25, 0.3) is 0 Å². The van der Waals surface area contributed by atoms with Gasteiger partial charge in [-0.2, -0.15) is 17.0 Å². The summed E-state index contributed by atoms with van der Waals surface area (Å²) in [6.45, 7) is 2.89. The number of nitriles is 1. The van der Waals surface area contributed by atoms with Gasteiger partial charge in [0.2, 0.25) is 0 Å². The summed E-state index contributed by atoms with van der Waals surface area (Å²) >= 11 is 2.16. The van der Waals surface area contributed by atoms with Crippen LogP contribution in [0.2, 0.25) is 0 Å². The molecule has 0 amide bonds. The highest BCUT2D eigenvalue weighted by atomic mass is 32.2. The van der Waals surface area contributed by atoms with Crippen LogP contribution in [0.5, 0.6) is 0 Å². The first kappa shape index (κ1) is 15.9. The highest BCUT2D eigenvalue weighted by Gasteiger charge is 2.37. The Labute approximate surface area is 137 Å². The quantitative estimate of drug-likeness (QED) is 0.929. The Balaban J connectivity index is 1.60. The first-order valence-electron chi connectivity index (χ1n) is 8.25. The van der Waals surface area contributed by atoms with Gasteiger partial charge in [-0.05, 0) is 30.5 Å². The number of hydrogen-bond donors (Lipinski definition) is 1. The predicted octanol–water partition coefficient (Wildman–Crippen LogP) is 3.34. The molecule has 1 N–H and O–H groups in total. The molecule has 118 valence electrons. The van der Waals surface area contributed by atoms with E-state index in [0.717, 1.165) is 18.7 Å². The molecule has 1 aromatic rings. The van der Waals surface area contributed by atoms with Crippen molar-refractivity contribution in [1.82, 2.24) is 4.90 Å². The van der Waals surface area contributed by atoms with Crippen LogP contribution >= 0.6 is 11.8 Å². The zero-order valence-corrected chi connectivity index (χ0v) is 13.8. The van der Waals surface area contributed by atoms with E-state index in [4.69, 9.17) is 5.26 Å². The van der Waals surface area contributed by atoms with Crippen LogP contribution in [-0.2, 0) is 0 Å². The van der Waals surface area contributed by atoms with Gasteiger partial charge in [0.05, 0.1) is 17.7 Å². The van der Waals surface area contributed by atoms with E-state index in [-0.39, 0.29) is 0 Å². The maximum atomic E-state index is 10.5. The lowest BCUT2D eigenvalue weighted by Gasteiger charge is -2.45. The fourth-order valence-electron chi connectivity index (χ4n) is 3.71. The summed E-state index contributed by atoms with van der Waals surface area (Å²) in [7, 11) is 0. The van der Waals surface area contributed by atoms with Crippen molar-refractivity contribution in [3.63, 3.8) is 0 Å². The van der Waals surface area contributed by atoms with Crippen LogP contribution in [0, 0.1) is 11.3 Å². The lowest BCUT2D eigenvalue weighted by atomic mass is 9.87. The maximum absolute atomic E-state index is 10.5. The molecule has 1 aliphatic carbocycles. The van der Waals surface area contributed by atoms with Gasteiger partial charge in [0.1, 0.15) is 0 Å². The van der Waals surface area contributed by atoms with E-state index in [1.54, 1.807) is 12.1 Å². The van der Waals surface area contributed by atoms with Gasteiger partial charge in [0.15, 0.2) is 0 Å². The molecule has 0 bridgehead atoms. The van der Waals surface area contributed by atoms with Crippen molar-refractivity contribution < 1.29 is 5.11 Å². The molecule has 1 atom stereocenters. The summed E-state index contributed by atoms with van der Waals surface area (Å²) in [5, 5.41) is 19.3. The number of benzene rings is 1. The third-order valence-corrected chi connectivity index (χ3v) is 6.48. The number of β-amino-alcohol motifs (C(OH)–C–C–N with tert-alkyl or cyclic N) is 1. The van der Waals surface area contributed by atoms with Crippen molar-refractivity contribution in [3.05, 3.63) is 35.4 Å². The number of rotatable bonds is 3. The molecule has 1 saturated heterocycles. The zero-order chi connectivity index (χ0) is 15.4. The Morgan fingerprint density at radius 3 is 2.64 bits per heavy atom. The summed E-state index contributed by atoms with van der Waals surface area (Å²) in [5.41, 5.74) is 1.56. The average molecular weight is 316 g/mol. The van der Waals surface area contributed by atoms with Crippen LogP contribution in [-0.4, -0.2) is 40.1 Å². The third kappa shape index (κ3) is 3.65. The van der Waals surface area contributed by atoms with E-state index in [1.807, 2.05) is 12.1 Å². The molecule has 1 saturated carbocycles. The molecule has 1 aliphatic heterocycles. The van der Waals surface area contributed by atoms with Crippen molar-refractivity contribution in [2.24, 2.45) is 0 Å². The normalized spacial score (nSPS) is 23.1. The maximum Gasteiger partial charge on any atom is 0.0991 e. The van der Waals surface area contributed by atoms with Crippen molar-refractivity contribution in [2.45, 2.75) is 43.0 Å². The minimum absolute atomic E-state index is 0.445. The van der Waals surface area contributed by atoms with Crippen LogP contribution in [0.25, 0.3) is 0 Å². The summed E-state index contributed by atoms with van der Waals surface area (Å²) in [6, 6.07) is 9.44. The Hall–Kier alpha value is -1.02. The van der Waals surface area contributed by atoms with Crippen molar-refractivity contribution >= 4 is 11.8 Å². The SMILES string of the molecule is N#Cc1ccc(C(O)CN2CCSC3(CCCCC3)C2)cc1. The summed E-state index contributed by atoms with van der Waals surface area (Å²) in [4.78, 5) is 2.44. The molecule has 22 heavy (non-hydrogen) atoms.